The number of hydrogen-bond acceptors (Lipinski definition) is 5. The summed E-state index contributed by atoms with van der Waals surface area (Å²) in [4.78, 5) is 25.4. The van der Waals surface area contributed by atoms with Gasteiger partial charge in [-0.1, -0.05) is 17.7 Å². The third kappa shape index (κ3) is 7.24. The van der Waals surface area contributed by atoms with Gasteiger partial charge in [-0.25, -0.2) is 14.5 Å². The smallest absolute Gasteiger partial charge is 0.421 e. The van der Waals surface area contributed by atoms with E-state index in [2.05, 4.69) is 5.32 Å². The zero-order chi connectivity index (χ0) is 19.4. The largest absolute Gasteiger partial charge is 0.444 e. The maximum absolute atomic E-state index is 12.5. The van der Waals surface area contributed by atoms with Crippen LogP contribution in [-0.2, 0) is 9.47 Å². The number of guanidine groups is 1. The number of nitrogens with zero attached hydrogens (tertiary/aromatic N) is 1. The highest BCUT2D eigenvalue weighted by atomic mass is 16.6. The number of carbonyl (C=O) groups is 2. The molecule has 0 unspecified atom stereocenters. The van der Waals surface area contributed by atoms with Crippen LogP contribution < -0.4 is 10.2 Å². The maximum atomic E-state index is 12.5. The van der Waals surface area contributed by atoms with Crippen molar-refractivity contribution in [1.29, 1.82) is 5.41 Å². The van der Waals surface area contributed by atoms with Gasteiger partial charge in [0.25, 0.3) is 0 Å². The molecule has 0 aromatic heterocycles. The average molecular weight is 349 g/mol. The van der Waals surface area contributed by atoms with Gasteiger partial charge in [0.1, 0.15) is 11.2 Å². The highest BCUT2D eigenvalue weighted by Gasteiger charge is 2.28. The second-order valence-electron chi connectivity index (χ2n) is 7.63. The van der Waals surface area contributed by atoms with E-state index in [-0.39, 0.29) is 0 Å². The van der Waals surface area contributed by atoms with Crippen LogP contribution in [0.1, 0.15) is 47.1 Å². The number of nitrogens with one attached hydrogen (secondary N) is 2. The van der Waals surface area contributed by atoms with Gasteiger partial charge >= 0.3 is 12.2 Å². The fourth-order valence-corrected chi connectivity index (χ4v) is 1.78. The fraction of sp³-hybridized carbons (Fsp3) is 0.500. The van der Waals surface area contributed by atoms with E-state index < -0.39 is 29.3 Å². The Morgan fingerprint density at radius 3 is 1.88 bits per heavy atom. The van der Waals surface area contributed by atoms with Crippen molar-refractivity contribution in [2.75, 3.05) is 4.90 Å². The molecule has 7 heteroatoms. The molecule has 0 saturated carbocycles. The van der Waals surface area contributed by atoms with Crippen molar-refractivity contribution in [2.45, 2.75) is 59.7 Å². The lowest BCUT2D eigenvalue weighted by Crippen LogP contribution is -2.49. The summed E-state index contributed by atoms with van der Waals surface area (Å²) in [6.45, 7) is 12.2. The zero-order valence-corrected chi connectivity index (χ0v) is 15.9. The van der Waals surface area contributed by atoms with Crippen molar-refractivity contribution in [3.05, 3.63) is 29.8 Å². The number of rotatable bonds is 1. The normalized spacial score (nSPS) is 11.5. The van der Waals surface area contributed by atoms with Gasteiger partial charge < -0.3 is 9.47 Å². The Bertz CT molecular complexity index is 640. The first-order valence-corrected chi connectivity index (χ1v) is 7.97. The number of anilines is 1. The van der Waals surface area contributed by atoms with Crippen LogP contribution in [0, 0.1) is 12.3 Å². The Labute approximate surface area is 148 Å². The van der Waals surface area contributed by atoms with Gasteiger partial charge in [-0.3, -0.25) is 10.7 Å². The minimum atomic E-state index is -0.821. The number of amides is 2. The first kappa shape index (κ1) is 20.5. The SMILES string of the molecule is Cc1ccc(N(C(=N)NC(=O)OC(C)(C)C)C(=O)OC(C)(C)C)cc1. The summed E-state index contributed by atoms with van der Waals surface area (Å²) in [7, 11) is 0. The number of benzene rings is 1. The minimum absolute atomic E-state index is 0.404. The summed E-state index contributed by atoms with van der Waals surface area (Å²) >= 11 is 0. The van der Waals surface area contributed by atoms with E-state index in [1.54, 1.807) is 65.8 Å². The van der Waals surface area contributed by atoms with Crippen LogP contribution in [0.25, 0.3) is 0 Å². The Morgan fingerprint density at radius 2 is 1.44 bits per heavy atom. The summed E-state index contributed by atoms with van der Waals surface area (Å²) in [6.07, 6.45) is -1.59. The van der Waals surface area contributed by atoms with Crippen LogP contribution in [-0.4, -0.2) is 29.3 Å². The van der Waals surface area contributed by atoms with E-state index >= 15 is 0 Å². The second-order valence-corrected chi connectivity index (χ2v) is 7.63. The average Bonchev–Trinajstić information content (AvgIpc) is 2.36. The second kappa shape index (κ2) is 7.55. The predicted octanol–water partition coefficient (Wildman–Crippen LogP) is 4.20. The number of carbonyl (C=O) groups excluding carboxylic acids is 2. The topological polar surface area (TPSA) is 91.7 Å². The molecule has 2 N–H and O–H groups in total. The quantitative estimate of drug-likeness (QED) is 0.587. The van der Waals surface area contributed by atoms with Gasteiger partial charge in [0.2, 0.25) is 5.96 Å². The van der Waals surface area contributed by atoms with Crippen molar-refractivity contribution in [2.24, 2.45) is 0 Å². The minimum Gasteiger partial charge on any atom is -0.444 e. The van der Waals surface area contributed by atoms with Gasteiger partial charge in [0.15, 0.2) is 0 Å². The molecule has 0 spiro atoms. The molecule has 0 saturated heterocycles. The Balaban J connectivity index is 3.05. The van der Waals surface area contributed by atoms with Crippen molar-refractivity contribution in [3.63, 3.8) is 0 Å². The summed E-state index contributed by atoms with van der Waals surface area (Å²) in [6, 6.07) is 6.94. The van der Waals surface area contributed by atoms with E-state index in [4.69, 9.17) is 14.9 Å². The standard InChI is InChI=1S/C18H27N3O4/c1-12-8-10-13(11-9-12)21(16(23)25-18(5,6)7)14(19)20-15(22)24-17(2,3)4/h8-11H,1-7H3,(H2,19,20,22). The van der Waals surface area contributed by atoms with Crippen molar-refractivity contribution < 1.29 is 19.1 Å². The number of ether oxygens (including phenoxy) is 2. The lowest BCUT2D eigenvalue weighted by atomic mass is 10.2. The van der Waals surface area contributed by atoms with Crippen molar-refractivity contribution in [1.82, 2.24) is 5.32 Å². The number of aryl methyl sites for hydroxylation is 1. The first-order chi connectivity index (χ1) is 11.3. The number of hydrogen-bond donors (Lipinski definition) is 2. The highest BCUT2D eigenvalue weighted by molar-refractivity contribution is 6.15. The fourth-order valence-electron chi connectivity index (χ4n) is 1.78. The summed E-state index contributed by atoms with van der Waals surface area (Å²) in [5.41, 5.74) is -0.0579. The van der Waals surface area contributed by atoms with Gasteiger partial charge in [-0.2, -0.15) is 0 Å². The van der Waals surface area contributed by atoms with E-state index in [9.17, 15) is 9.59 Å². The Hall–Kier alpha value is -2.57. The molecule has 7 nitrogen and oxygen atoms in total. The summed E-state index contributed by atoms with van der Waals surface area (Å²) in [5, 5.41) is 10.4. The van der Waals surface area contributed by atoms with E-state index in [0.29, 0.717) is 5.69 Å². The third-order valence-corrected chi connectivity index (χ3v) is 2.71. The first-order valence-electron chi connectivity index (χ1n) is 7.97. The Morgan fingerprint density at radius 1 is 0.960 bits per heavy atom. The molecule has 0 bridgehead atoms. The van der Waals surface area contributed by atoms with Crippen LogP contribution in [0.15, 0.2) is 24.3 Å². The molecular weight excluding hydrogens is 322 g/mol. The molecule has 0 aliphatic rings. The Kier molecular flexibility index (Phi) is 6.18. The zero-order valence-electron chi connectivity index (χ0n) is 15.9. The van der Waals surface area contributed by atoms with Crippen LogP contribution in [0.3, 0.4) is 0 Å². The van der Waals surface area contributed by atoms with Gasteiger partial charge in [-0.15, -0.1) is 0 Å². The molecule has 0 atom stereocenters. The molecule has 25 heavy (non-hydrogen) atoms. The lowest BCUT2D eigenvalue weighted by Gasteiger charge is -2.28. The maximum Gasteiger partial charge on any atom is 0.421 e. The molecule has 0 fully saturated rings. The van der Waals surface area contributed by atoms with Crippen molar-refractivity contribution in [3.8, 4) is 0 Å². The molecule has 0 heterocycles. The highest BCUT2D eigenvalue weighted by Crippen LogP contribution is 2.19. The van der Waals surface area contributed by atoms with Crippen LogP contribution in [0.5, 0.6) is 0 Å². The molecule has 1 rings (SSSR count). The monoisotopic (exact) mass is 349 g/mol. The van der Waals surface area contributed by atoms with Gasteiger partial charge in [-0.05, 0) is 60.6 Å². The van der Waals surface area contributed by atoms with Crippen LogP contribution >= 0.6 is 0 Å². The number of alkyl carbamates (subject to hydrolysis) is 1. The van der Waals surface area contributed by atoms with Crippen molar-refractivity contribution >= 4 is 23.8 Å². The third-order valence-electron chi connectivity index (χ3n) is 2.71. The molecule has 1 aromatic carbocycles. The molecule has 138 valence electrons. The van der Waals surface area contributed by atoms with Gasteiger partial charge in [0.05, 0.1) is 5.69 Å². The molecule has 0 aliphatic carbocycles. The molecular formula is C18H27N3O4. The molecule has 1 aromatic rings. The molecule has 0 radical (unpaired) electrons. The van der Waals surface area contributed by atoms with E-state index in [1.165, 1.54) is 0 Å². The summed E-state index contributed by atoms with van der Waals surface area (Å²) < 4.78 is 10.5. The summed E-state index contributed by atoms with van der Waals surface area (Å²) in [5.74, 6) is -0.452. The molecule has 0 aliphatic heterocycles. The van der Waals surface area contributed by atoms with E-state index in [0.717, 1.165) is 10.5 Å². The van der Waals surface area contributed by atoms with Gasteiger partial charge in [0, 0.05) is 0 Å². The lowest BCUT2D eigenvalue weighted by molar-refractivity contribution is 0.0559. The van der Waals surface area contributed by atoms with Crippen LogP contribution in [0.4, 0.5) is 15.3 Å². The molecule has 2 amide bonds. The van der Waals surface area contributed by atoms with Crippen LogP contribution in [0.2, 0.25) is 0 Å². The predicted molar refractivity (Wildman–Crippen MR) is 97.0 cm³/mol. The van der Waals surface area contributed by atoms with E-state index in [1.807, 2.05) is 6.92 Å².